The van der Waals surface area contributed by atoms with Gasteiger partial charge in [0.15, 0.2) is 0 Å². The third-order valence-electron chi connectivity index (χ3n) is 3.20. The third-order valence-corrected chi connectivity index (χ3v) is 3.20. The van der Waals surface area contributed by atoms with Crippen molar-refractivity contribution >= 4 is 17.5 Å². The van der Waals surface area contributed by atoms with Gasteiger partial charge in [0.2, 0.25) is 5.95 Å². The Bertz CT molecular complexity index is 600. The van der Waals surface area contributed by atoms with Crippen molar-refractivity contribution in [3.05, 3.63) is 41.8 Å². The first kappa shape index (κ1) is 11.9. The summed E-state index contributed by atoms with van der Waals surface area (Å²) < 4.78 is 13.4. The summed E-state index contributed by atoms with van der Waals surface area (Å²) in [5.41, 5.74) is 2.06. The normalized spacial score (nSPS) is 13.5. The molecule has 3 rings (SSSR count). The molecule has 0 spiro atoms. The quantitative estimate of drug-likeness (QED) is 0.919. The molecule has 0 saturated heterocycles. The topological polar surface area (TPSA) is 41.1 Å². The zero-order valence-electron chi connectivity index (χ0n) is 10.7. The van der Waals surface area contributed by atoms with E-state index in [1.165, 1.54) is 6.07 Å². The number of nitrogens with zero attached hydrogens (tertiary/aromatic N) is 3. The summed E-state index contributed by atoms with van der Waals surface area (Å²) in [5, 5.41) is 3.08. The van der Waals surface area contributed by atoms with Crippen molar-refractivity contribution in [1.29, 1.82) is 0 Å². The average Bonchev–Trinajstić information content (AvgIpc) is 2.82. The molecule has 1 aliphatic heterocycles. The molecular formula is C14H15FN4. The van der Waals surface area contributed by atoms with Gasteiger partial charge in [-0.25, -0.2) is 9.37 Å². The lowest BCUT2D eigenvalue weighted by Crippen LogP contribution is -2.16. The lowest BCUT2D eigenvalue weighted by molar-refractivity contribution is 0.628. The van der Waals surface area contributed by atoms with Gasteiger partial charge in [0.25, 0.3) is 0 Å². The number of fused-ring (bicyclic) bond motifs is 1. The Morgan fingerprint density at radius 2 is 2.26 bits per heavy atom. The SMILES string of the molecule is CCNc1nccc(N2CCc3ccc(F)cc32)n1. The second kappa shape index (κ2) is 4.84. The molecule has 1 aliphatic rings. The molecule has 98 valence electrons. The summed E-state index contributed by atoms with van der Waals surface area (Å²) in [5.74, 6) is 1.19. The minimum atomic E-state index is -0.216. The smallest absolute Gasteiger partial charge is 0.224 e. The first-order valence-electron chi connectivity index (χ1n) is 6.41. The highest BCUT2D eigenvalue weighted by Gasteiger charge is 2.22. The fourth-order valence-electron chi connectivity index (χ4n) is 2.33. The lowest BCUT2D eigenvalue weighted by atomic mass is 10.2. The van der Waals surface area contributed by atoms with Crippen LogP contribution in [0.15, 0.2) is 30.5 Å². The number of halogens is 1. The summed E-state index contributed by atoms with van der Waals surface area (Å²) in [6, 6.07) is 6.77. The molecule has 2 aromatic rings. The molecule has 1 aromatic carbocycles. The average molecular weight is 258 g/mol. The molecule has 0 amide bonds. The van der Waals surface area contributed by atoms with Gasteiger partial charge in [0.1, 0.15) is 11.6 Å². The van der Waals surface area contributed by atoms with E-state index in [4.69, 9.17) is 0 Å². The second-order valence-electron chi connectivity index (χ2n) is 4.44. The maximum atomic E-state index is 13.4. The van der Waals surface area contributed by atoms with Crippen molar-refractivity contribution in [3.63, 3.8) is 0 Å². The Morgan fingerprint density at radius 1 is 1.37 bits per heavy atom. The zero-order chi connectivity index (χ0) is 13.2. The molecule has 0 unspecified atom stereocenters. The van der Waals surface area contributed by atoms with Crippen LogP contribution in [-0.4, -0.2) is 23.1 Å². The first-order valence-corrected chi connectivity index (χ1v) is 6.41. The van der Waals surface area contributed by atoms with Crippen LogP contribution >= 0.6 is 0 Å². The van der Waals surface area contributed by atoms with Crippen LogP contribution in [-0.2, 0) is 6.42 Å². The molecule has 0 saturated carbocycles. The van der Waals surface area contributed by atoms with Gasteiger partial charge in [-0.1, -0.05) is 6.07 Å². The van der Waals surface area contributed by atoms with Crippen LogP contribution in [0.5, 0.6) is 0 Å². The third kappa shape index (κ3) is 2.23. The van der Waals surface area contributed by atoms with Crippen LogP contribution < -0.4 is 10.2 Å². The summed E-state index contributed by atoms with van der Waals surface area (Å²) in [6.45, 7) is 3.59. The van der Waals surface area contributed by atoms with Crippen molar-refractivity contribution in [2.45, 2.75) is 13.3 Å². The number of anilines is 3. The predicted octanol–water partition coefficient (Wildman–Crippen LogP) is 2.74. The van der Waals surface area contributed by atoms with Crippen LogP contribution in [0.1, 0.15) is 12.5 Å². The van der Waals surface area contributed by atoms with Gasteiger partial charge >= 0.3 is 0 Å². The fraction of sp³-hybridized carbons (Fsp3) is 0.286. The highest BCUT2D eigenvalue weighted by Crippen LogP contribution is 2.33. The van der Waals surface area contributed by atoms with Crippen LogP contribution in [0.2, 0.25) is 0 Å². The van der Waals surface area contributed by atoms with Crippen LogP contribution in [0.25, 0.3) is 0 Å². The van der Waals surface area contributed by atoms with Gasteiger partial charge in [-0.15, -0.1) is 0 Å². The summed E-state index contributed by atoms with van der Waals surface area (Å²) in [6.07, 6.45) is 2.63. The largest absolute Gasteiger partial charge is 0.354 e. The van der Waals surface area contributed by atoms with Crippen LogP contribution in [0.4, 0.5) is 21.8 Å². The Morgan fingerprint density at radius 3 is 3.11 bits per heavy atom. The highest BCUT2D eigenvalue weighted by molar-refractivity contribution is 5.67. The van der Waals surface area contributed by atoms with Gasteiger partial charge in [-0.2, -0.15) is 4.98 Å². The predicted molar refractivity (Wildman–Crippen MR) is 73.3 cm³/mol. The monoisotopic (exact) mass is 258 g/mol. The lowest BCUT2D eigenvalue weighted by Gasteiger charge is -2.18. The van der Waals surface area contributed by atoms with E-state index in [1.54, 1.807) is 12.3 Å². The molecule has 1 N–H and O–H groups in total. The Hall–Kier alpha value is -2.17. The van der Waals surface area contributed by atoms with Gasteiger partial charge < -0.3 is 10.2 Å². The molecule has 0 aliphatic carbocycles. The van der Waals surface area contributed by atoms with E-state index in [0.29, 0.717) is 5.95 Å². The number of aromatic nitrogens is 2. The number of benzene rings is 1. The van der Waals surface area contributed by atoms with Crippen molar-refractivity contribution in [2.24, 2.45) is 0 Å². The molecule has 1 aromatic heterocycles. The van der Waals surface area contributed by atoms with E-state index in [9.17, 15) is 4.39 Å². The van der Waals surface area contributed by atoms with Gasteiger partial charge in [0.05, 0.1) is 0 Å². The summed E-state index contributed by atoms with van der Waals surface area (Å²) in [4.78, 5) is 10.6. The Balaban J connectivity index is 1.96. The van der Waals surface area contributed by atoms with Gasteiger partial charge in [0, 0.05) is 25.0 Å². The van der Waals surface area contributed by atoms with Crippen molar-refractivity contribution in [2.75, 3.05) is 23.3 Å². The maximum absolute atomic E-state index is 13.4. The second-order valence-corrected chi connectivity index (χ2v) is 4.44. The van der Waals surface area contributed by atoms with Crippen molar-refractivity contribution in [1.82, 2.24) is 9.97 Å². The number of hydrogen-bond donors (Lipinski definition) is 1. The molecule has 0 bridgehead atoms. The summed E-state index contributed by atoms with van der Waals surface area (Å²) >= 11 is 0. The first-order chi connectivity index (χ1) is 9.28. The number of hydrogen-bond acceptors (Lipinski definition) is 4. The maximum Gasteiger partial charge on any atom is 0.224 e. The molecule has 0 fully saturated rings. The van der Waals surface area contributed by atoms with Crippen molar-refractivity contribution in [3.8, 4) is 0 Å². The minimum absolute atomic E-state index is 0.216. The molecular weight excluding hydrogens is 243 g/mol. The molecule has 0 atom stereocenters. The number of nitrogens with one attached hydrogen (secondary N) is 1. The van der Waals surface area contributed by atoms with Crippen molar-refractivity contribution < 1.29 is 4.39 Å². The molecule has 0 radical (unpaired) electrons. The standard InChI is InChI=1S/C14H15FN4/c1-2-16-14-17-7-5-13(18-14)19-8-6-10-3-4-11(15)9-12(10)19/h3-5,7,9H,2,6,8H2,1H3,(H,16,17,18). The van der Waals surface area contributed by atoms with E-state index in [0.717, 1.165) is 36.6 Å². The molecule has 19 heavy (non-hydrogen) atoms. The van der Waals surface area contributed by atoms with Gasteiger partial charge in [-0.3, -0.25) is 0 Å². The Labute approximate surface area is 111 Å². The molecule has 2 heterocycles. The van der Waals surface area contributed by atoms with E-state index in [-0.39, 0.29) is 5.82 Å². The zero-order valence-corrected chi connectivity index (χ0v) is 10.7. The molecule has 5 heteroatoms. The van der Waals surface area contributed by atoms with E-state index < -0.39 is 0 Å². The minimum Gasteiger partial charge on any atom is -0.354 e. The van der Waals surface area contributed by atoms with Crippen LogP contribution in [0.3, 0.4) is 0 Å². The molecule has 4 nitrogen and oxygen atoms in total. The van der Waals surface area contributed by atoms with E-state index in [1.807, 2.05) is 24.0 Å². The van der Waals surface area contributed by atoms with E-state index in [2.05, 4.69) is 15.3 Å². The van der Waals surface area contributed by atoms with Crippen LogP contribution in [0, 0.1) is 5.82 Å². The van der Waals surface area contributed by atoms with E-state index >= 15 is 0 Å². The van der Waals surface area contributed by atoms with Gasteiger partial charge in [-0.05, 0) is 37.1 Å². The fourth-order valence-corrected chi connectivity index (χ4v) is 2.33. The summed E-state index contributed by atoms with van der Waals surface area (Å²) in [7, 11) is 0. The highest BCUT2D eigenvalue weighted by atomic mass is 19.1. The number of rotatable bonds is 3. The Kier molecular flexibility index (Phi) is 3.03.